The lowest BCUT2D eigenvalue weighted by Gasteiger charge is -2.19. The number of aryl methyl sites for hydroxylation is 2. The molecule has 5 rings (SSSR count). The topological polar surface area (TPSA) is 96.6 Å². The number of rotatable bonds is 8. The van der Waals surface area contributed by atoms with Gasteiger partial charge in [-0.2, -0.15) is 5.10 Å². The second kappa shape index (κ2) is 10.2. The average Bonchev–Trinajstić information content (AvgIpc) is 3.63. The summed E-state index contributed by atoms with van der Waals surface area (Å²) < 4.78 is 11.4. The number of hydrogen-bond acceptors (Lipinski definition) is 7. The highest BCUT2D eigenvalue weighted by molar-refractivity contribution is 7.99. The number of hydrogen-bond donors (Lipinski definition) is 1. The maximum Gasteiger partial charge on any atom is 0.253 e. The van der Waals surface area contributed by atoms with Crippen molar-refractivity contribution in [2.75, 3.05) is 5.75 Å². The molecular weight excluding hydrogens is 462 g/mol. The van der Waals surface area contributed by atoms with Crippen molar-refractivity contribution >= 4 is 23.4 Å². The summed E-state index contributed by atoms with van der Waals surface area (Å²) in [4.78, 5) is 17.6. The van der Waals surface area contributed by atoms with Gasteiger partial charge in [0.25, 0.3) is 5.91 Å². The lowest BCUT2D eigenvalue weighted by atomic mass is 10.0. The molecule has 8 nitrogen and oxygen atoms in total. The van der Waals surface area contributed by atoms with E-state index in [1.807, 2.05) is 74.5 Å². The molecule has 0 spiro atoms. The highest BCUT2D eigenvalue weighted by Crippen LogP contribution is 2.34. The third-order valence-electron chi connectivity index (χ3n) is 5.65. The first kappa shape index (κ1) is 22.9. The van der Waals surface area contributed by atoms with Crippen molar-refractivity contribution in [3.8, 4) is 5.75 Å². The lowest BCUT2D eigenvalue weighted by molar-refractivity contribution is -0.130. The maximum absolute atomic E-state index is 13.2. The molecule has 2 aromatic carbocycles. The fourth-order valence-electron chi connectivity index (χ4n) is 3.75. The number of nitrogens with zero attached hydrogens (tertiary/aromatic N) is 4. The Kier molecular flexibility index (Phi) is 6.67. The normalized spacial score (nSPS) is 15.3. The standard InChI is InChI=1S/C26H25N5O3S/c1-17-5-9-19(10-6-17)21-14-22(23-4-3-13-33-23)31(30-21)25(32)16-35-26-27-24(28-29-26)15-34-20-11-7-18(2)8-12-20/h3-13,22H,14-16H2,1-2H3,(H,27,28,29)/t22-/m0/s1. The molecule has 35 heavy (non-hydrogen) atoms. The van der Waals surface area contributed by atoms with Crippen molar-refractivity contribution in [3.63, 3.8) is 0 Å². The Bertz CT molecular complexity index is 1310. The molecule has 178 valence electrons. The molecule has 1 aliphatic rings. The third kappa shape index (κ3) is 5.46. The highest BCUT2D eigenvalue weighted by Gasteiger charge is 2.34. The van der Waals surface area contributed by atoms with Gasteiger partial charge in [-0.1, -0.05) is 59.3 Å². The zero-order valence-corrected chi connectivity index (χ0v) is 20.3. The minimum Gasteiger partial charge on any atom is -0.486 e. The number of H-pyrrole nitrogens is 1. The van der Waals surface area contributed by atoms with Gasteiger partial charge in [0.2, 0.25) is 5.16 Å². The van der Waals surface area contributed by atoms with E-state index in [0.717, 1.165) is 17.0 Å². The van der Waals surface area contributed by atoms with Crippen LogP contribution in [-0.4, -0.2) is 37.6 Å². The molecule has 0 saturated carbocycles. The summed E-state index contributed by atoms with van der Waals surface area (Å²) in [7, 11) is 0. The van der Waals surface area contributed by atoms with Crippen molar-refractivity contribution in [1.29, 1.82) is 0 Å². The summed E-state index contributed by atoms with van der Waals surface area (Å²) >= 11 is 1.26. The Labute approximate surface area is 207 Å². The van der Waals surface area contributed by atoms with Gasteiger partial charge in [0.1, 0.15) is 24.2 Å². The van der Waals surface area contributed by atoms with Crippen molar-refractivity contribution in [2.24, 2.45) is 5.10 Å². The molecule has 0 bridgehead atoms. The van der Waals surface area contributed by atoms with Gasteiger partial charge in [-0.15, -0.1) is 5.10 Å². The van der Waals surface area contributed by atoms with Gasteiger partial charge in [-0.05, 0) is 43.7 Å². The second-order valence-electron chi connectivity index (χ2n) is 8.34. The molecule has 3 heterocycles. The van der Waals surface area contributed by atoms with Crippen molar-refractivity contribution < 1.29 is 13.9 Å². The fourth-order valence-corrected chi connectivity index (χ4v) is 4.42. The van der Waals surface area contributed by atoms with E-state index in [1.165, 1.54) is 27.9 Å². The number of amides is 1. The van der Waals surface area contributed by atoms with Gasteiger partial charge in [-0.3, -0.25) is 9.89 Å². The molecule has 2 aromatic heterocycles. The molecule has 9 heteroatoms. The van der Waals surface area contributed by atoms with Gasteiger partial charge >= 0.3 is 0 Å². The zero-order valence-electron chi connectivity index (χ0n) is 19.5. The lowest BCUT2D eigenvalue weighted by Crippen LogP contribution is -2.28. The van der Waals surface area contributed by atoms with E-state index in [0.29, 0.717) is 23.2 Å². The fraction of sp³-hybridized carbons (Fsp3) is 0.231. The molecule has 1 aliphatic heterocycles. The molecular formula is C26H25N5O3S. The number of aromatic nitrogens is 3. The van der Waals surface area contributed by atoms with Gasteiger partial charge < -0.3 is 9.15 Å². The van der Waals surface area contributed by atoms with E-state index in [1.54, 1.807) is 6.26 Å². The number of carbonyl (C=O) groups excluding carboxylic acids is 1. The number of nitrogens with one attached hydrogen (secondary N) is 1. The largest absolute Gasteiger partial charge is 0.486 e. The quantitative estimate of drug-likeness (QED) is 0.349. The Morgan fingerprint density at radius 2 is 1.86 bits per heavy atom. The van der Waals surface area contributed by atoms with Crippen LogP contribution in [0.5, 0.6) is 5.75 Å². The molecule has 4 aromatic rings. The van der Waals surface area contributed by atoms with Crippen LogP contribution in [0, 0.1) is 13.8 Å². The zero-order chi connectivity index (χ0) is 24.2. The molecule has 1 amide bonds. The van der Waals surface area contributed by atoms with E-state index in [4.69, 9.17) is 9.15 Å². The van der Waals surface area contributed by atoms with E-state index in [2.05, 4.69) is 20.3 Å². The first-order chi connectivity index (χ1) is 17.0. The number of benzene rings is 2. The maximum atomic E-state index is 13.2. The van der Waals surface area contributed by atoms with Gasteiger partial charge in [0, 0.05) is 6.42 Å². The van der Waals surface area contributed by atoms with Crippen LogP contribution in [0.4, 0.5) is 0 Å². The van der Waals surface area contributed by atoms with Crippen molar-refractivity contribution in [3.05, 3.63) is 95.2 Å². The third-order valence-corrected chi connectivity index (χ3v) is 6.49. The minimum absolute atomic E-state index is 0.138. The van der Waals surface area contributed by atoms with E-state index < -0.39 is 0 Å². The number of ether oxygens (including phenoxy) is 1. The van der Waals surface area contributed by atoms with Crippen LogP contribution >= 0.6 is 11.8 Å². The molecule has 1 atom stereocenters. The summed E-state index contributed by atoms with van der Waals surface area (Å²) in [5.41, 5.74) is 4.21. The monoisotopic (exact) mass is 487 g/mol. The van der Waals surface area contributed by atoms with Gasteiger partial charge in [0.15, 0.2) is 5.82 Å². The summed E-state index contributed by atoms with van der Waals surface area (Å²) in [5.74, 6) is 2.08. The Balaban J connectivity index is 1.23. The summed E-state index contributed by atoms with van der Waals surface area (Å²) in [5, 5.41) is 13.8. The average molecular weight is 488 g/mol. The molecule has 0 saturated heterocycles. The van der Waals surface area contributed by atoms with Crippen LogP contribution < -0.4 is 4.74 Å². The minimum atomic E-state index is -0.278. The van der Waals surface area contributed by atoms with Crippen LogP contribution in [0.1, 0.15) is 40.7 Å². The van der Waals surface area contributed by atoms with E-state index in [9.17, 15) is 4.79 Å². The molecule has 0 radical (unpaired) electrons. The first-order valence-corrected chi connectivity index (χ1v) is 12.3. The van der Waals surface area contributed by atoms with Crippen LogP contribution in [0.25, 0.3) is 0 Å². The molecule has 0 aliphatic carbocycles. The first-order valence-electron chi connectivity index (χ1n) is 11.3. The molecule has 0 fully saturated rings. The predicted octanol–water partition coefficient (Wildman–Crippen LogP) is 5.06. The summed E-state index contributed by atoms with van der Waals surface area (Å²) in [6, 6.07) is 19.4. The van der Waals surface area contributed by atoms with E-state index in [-0.39, 0.29) is 24.3 Å². The van der Waals surface area contributed by atoms with Crippen molar-refractivity contribution in [1.82, 2.24) is 20.2 Å². The number of thioether (sulfide) groups is 1. The molecule has 1 N–H and O–H groups in total. The second-order valence-corrected chi connectivity index (χ2v) is 9.28. The number of carbonyl (C=O) groups is 1. The van der Waals surface area contributed by atoms with Crippen LogP contribution in [0.3, 0.4) is 0 Å². The SMILES string of the molecule is Cc1ccc(OCc2nc(SCC(=O)N3N=C(c4ccc(C)cc4)C[C@H]3c3ccco3)n[nH]2)cc1. The highest BCUT2D eigenvalue weighted by atomic mass is 32.2. The number of furan rings is 1. The molecule has 0 unspecified atom stereocenters. The smallest absolute Gasteiger partial charge is 0.253 e. The van der Waals surface area contributed by atoms with Crippen LogP contribution in [-0.2, 0) is 11.4 Å². The number of aromatic amines is 1. The van der Waals surface area contributed by atoms with Gasteiger partial charge in [0.05, 0.1) is 17.7 Å². The Hall–Kier alpha value is -3.85. The summed E-state index contributed by atoms with van der Waals surface area (Å²) in [6.07, 6.45) is 2.21. The van der Waals surface area contributed by atoms with Crippen LogP contribution in [0.15, 0.2) is 81.6 Å². The van der Waals surface area contributed by atoms with E-state index >= 15 is 0 Å². The Morgan fingerprint density at radius 1 is 1.11 bits per heavy atom. The summed E-state index contributed by atoms with van der Waals surface area (Å²) in [6.45, 7) is 4.34. The Morgan fingerprint density at radius 3 is 2.57 bits per heavy atom. The number of hydrazone groups is 1. The van der Waals surface area contributed by atoms with Crippen LogP contribution in [0.2, 0.25) is 0 Å². The van der Waals surface area contributed by atoms with Crippen molar-refractivity contribution in [2.45, 2.75) is 38.1 Å². The predicted molar refractivity (Wildman–Crippen MR) is 133 cm³/mol. The van der Waals surface area contributed by atoms with Gasteiger partial charge in [-0.25, -0.2) is 9.99 Å².